The quantitative estimate of drug-likeness (QED) is 0.556. The number of anilines is 2. The van der Waals surface area contributed by atoms with E-state index in [1.54, 1.807) is 17.5 Å². The molecular formula is C11H15N5S. The van der Waals surface area contributed by atoms with E-state index in [-0.39, 0.29) is 0 Å². The van der Waals surface area contributed by atoms with Gasteiger partial charge in [-0.2, -0.15) is 16.3 Å². The van der Waals surface area contributed by atoms with E-state index < -0.39 is 0 Å². The molecule has 0 aliphatic carbocycles. The Bertz CT molecular complexity index is 469. The standard InChI is InChI=1S/C11H15N5S/c1-8-6-14-11(16-12)15-10(8)13-4-2-9-3-5-17-7-9/h3,5-7H,2,4,12H2,1H3,(H2,13,14,15,16). The number of nitrogens with one attached hydrogen (secondary N) is 2. The van der Waals surface area contributed by atoms with Crippen molar-refractivity contribution in [3.8, 4) is 0 Å². The van der Waals surface area contributed by atoms with Crippen molar-refractivity contribution < 1.29 is 0 Å². The third-order valence-electron chi connectivity index (χ3n) is 2.39. The summed E-state index contributed by atoms with van der Waals surface area (Å²) in [6.07, 6.45) is 2.73. The van der Waals surface area contributed by atoms with Gasteiger partial charge in [0.05, 0.1) is 0 Å². The zero-order valence-electron chi connectivity index (χ0n) is 9.60. The number of nitrogen functional groups attached to an aromatic ring is 1. The van der Waals surface area contributed by atoms with Crippen LogP contribution >= 0.6 is 11.3 Å². The van der Waals surface area contributed by atoms with Crippen molar-refractivity contribution in [1.82, 2.24) is 9.97 Å². The van der Waals surface area contributed by atoms with Gasteiger partial charge in [0.25, 0.3) is 0 Å². The largest absolute Gasteiger partial charge is 0.369 e. The van der Waals surface area contributed by atoms with Gasteiger partial charge in [0.2, 0.25) is 5.95 Å². The molecule has 6 heteroatoms. The molecule has 0 aliphatic rings. The molecule has 0 unspecified atom stereocenters. The van der Waals surface area contributed by atoms with Crippen LogP contribution in [0.1, 0.15) is 11.1 Å². The van der Waals surface area contributed by atoms with E-state index in [1.807, 2.05) is 6.92 Å². The van der Waals surface area contributed by atoms with E-state index in [0.717, 1.165) is 24.3 Å². The van der Waals surface area contributed by atoms with Crippen LogP contribution < -0.4 is 16.6 Å². The third-order valence-corrected chi connectivity index (χ3v) is 3.12. The highest BCUT2D eigenvalue weighted by molar-refractivity contribution is 7.07. The molecule has 0 atom stereocenters. The van der Waals surface area contributed by atoms with Gasteiger partial charge in [-0.3, -0.25) is 5.43 Å². The first-order valence-electron chi connectivity index (χ1n) is 5.35. The van der Waals surface area contributed by atoms with Gasteiger partial charge in [0, 0.05) is 18.3 Å². The van der Waals surface area contributed by atoms with E-state index in [1.165, 1.54) is 5.56 Å². The summed E-state index contributed by atoms with van der Waals surface area (Å²) in [5.74, 6) is 6.52. The van der Waals surface area contributed by atoms with Crippen molar-refractivity contribution in [3.63, 3.8) is 0 Å². The van der Waals surface area contributed by atoms with Crippen molar-refractivity contribution in [3.05, 3.63) is 34.2 Å². The second kappa shape index (κ2) is 5.60. The van der Waals surface area contributed by atoms with Gasteiger partial charge in [0.15, 0.2) is 0 Å². The lowest BCUT2D eigenvalue weighted by Gasteiger charge is -2.08. The molecule has 0 amide bonds. The van der Waals surface area contributed by atoms with Crippen LogP contribution in [0, 0.1) is 6.92 Å². The third kappa shape index (κ3) is 3.15. The molecule has 0 radical (unpaired) electrons. The van der Waals surface area contributed by atoms with Crippen LogP contribution in [-0.4, -0.2) is 16.5 Å². The van der Waals surface area contributed by atoms with Gasteiger partial charge in [-0.1, -0.05) is 0 Å². The van der Waals surface area contributed by atoms with Gasteiger partial charge < -0.3 is 5.32 Å². The Morgan fingerprint density at radius 3 is 3.06 bits per heavy atom. The second-order valence-corrected chi connectivity index (χ2v) is 4.46. The summed E-state index contributed by atoms with van der Waals surface area (Å²) in [4.78, 5) is 8.28. The van der Waals surface area contributed by atoms with Crippen molar-refractivity contribution in [1.29, 1.82) is 0 Å². The molecule has 0 fully saturated rings. The SMILES string of the molecule is Cc1cnc(NN)nc1NCCc1ccsc1. The summed E-state index contributed by atoms with van der Waals surface area (Å²) < 4.78 is 0. The molecule has 4 N–H and O–H groups in total. The van der Waals surface area contributed by atoms with E-state index in [9.17, 15) is 0 Å². The van der Waals surface area contributed by atoms with Crippen LogP contribution in [0.15, 0.2) is 23.0 Å². The minimum absolute atomic E-state index is 0.425. The van der Waals surface area contributed by atoms with E-state index >= 15 is 0 Å². The molecular weight excluding hydrogens is 234 g/mol. The van der Waals surface area contributed by atoms with Crippen LogP contribution in [0.5, 0.6) is 0 Å². The molecule has 5 nitrogen and oxygen atoms in total. The number of rotatable bonds is 5. The van der Waals surface area contributed by atoms with Crippen LogP contribution in [0.3, 0.4) is 0 Å². The van der Waals surface area contributed by atoms with Crippen molar-refractivity contribution in [2.45, 2.75) is 13.3 Å². The summed E-state index contributed by atoms with van der Waals surface area (Å²) >= 11 is 1.72. The zero-order chi connectivity index (χ0) is 12.1. The average molecular weight is 249 g/mol. The van der Waals surface area contributed by atoms with E-state index in [4.69, 9.17) is 5.84 Å². The van der Waals surface area contributed by atoms with E-state index in [0.29, 0.717) is 5.95 Å². The first-order valence-corrected chi connectivity index (χ1v) is 6.29. The highest BCUT2D eigenvalue weighted by Crippen LogP contribution is 2.12. The van der Waals surface area contributed by atoms with Crippen LogP contribution in [0.4, 0.5) is 11.8 Å². The normalized spacial score (nSPS) is 10.2. The lowest BCUT2D eigenvalue weighted by molar-refractivity contribution is 0.993. The summed E-state index contributed by atoms with van der Waals surface area (Å²) in [6, 6.07) is 2.13. The minimum atomic E-state index is 0.425. The van der Waals surface area contributed by atoms with Gasteiger partial charge in [-0.15, -0.1) is 0 Å². The fourth-order valence-corrected chi connectivity index (χ4v) is 2.15. The number of hydrogen-bond acceptors (Lipinski definition) is 6. The monoisotopic (exact) mass is 249 g/mol. The summed E-state index contributed by atoms with van der Waals surface area (Å²) in [5.41, 5.74) is 4.79. The Labute approximate surface area is 104 Å². The summed E-state index contributed by atoms with van der Waals surface area (Å²) in [5, 5.41) is 7.52. The predicted molar refractivity (Wildman–Crippen MR) is 71.1 cm³/mol. The number of hydrogen-bond donors (Lipinski definition) is 3. The average Bonchev–Trinajstić information content (AvgIpc) is 2.84. The number of aryl methyl sites for hydroxylation is 1. The molecule has 0 aliphatic heterocycles. The first kappa shape index (κ1) is 11.8. The van der Waals surface area contributed by atoms with Crippen molar-refractivity contribution in [2.24, 2.45) is 5.84 Å². The highest BCUT2D eigenvalue weighted by Gasteiger charge is 2.02. The molecule has 0 saturated carbocycles. The number of aromatic nitrogens is 2. The summed E-state index contributed by atoms with van der Waals surface area (Å²) in [7, 11) is 0. The van der Waals surface area contributed by atoms with Gasteiger partial charge in [-0.25, -0.2) is 10.8 Å². The Kier molecular flexibility index (Phi) is 3.89. The lowest BCUT2D eigenvalue weighted by Crippen LogP contribution is -2.13. The predicted octanol–water partition coefficient (Wildman–Crippen LogP) is 1.79. The minimum Gasteiger partial charge on any atom is -0.369 e. The molecule has 2 aromatic heterocycles. The summed E-state index contributed by atoms with van der Waals surface area (Å²) in [6.45, 7) is 2.81. The molecule has 2 heterocycles. The fourth-order valence-electron chi connectivity index (χ4n) is 1.45. The molecule has 0 bridgehead atoms. The first-order chi connectivity index (χ1) is 8.29. The molecule has 17 heavy (non-hydrogen) atoms. The Morgan fingerprint density at radius 1 is 1.47 bits per heavy atom. The molecule has 0 aromatic carbocycles. The number of thiophene rings is 1. The number of nitrogens with zero attached hydrogens (tertiary/aromatic N) is 2. The molecule has 90 valence electrons. The number of nitrogens with two attached hydrogens (primary N) is 1. The molecule has 2 rings (SSSR count). The maximum absolute atomic E-state index is 5.27. The van der Waals surface area contributed by atoms with Crippen LogP contribution in [-0.2, 0) is 6.42 Å². The topological polar surface area (TPSA) is 75.9 Å². The van der Waals surface area contributed by atoms with Crippen molar-refractivity contribution in [2.75, 3.05) is 17.3 Å². The fraction of sp³-hybridized carbons (Fsp3) is 0.273. The van der Waals surface area contributed by atoms with E-state index in [2.05, 4.69) is 37.5 Å². The maximum atomic E-state index is 5.27. The zero-order valence-corrected chi connectivity index (χ0v) is 10.4. The molecule has 0 saturated heterocycles. The van der Waals surface area contributed by atoms with Gasteiger partial charge >= 0.3 is 0 Å². The van der Waals surface area contributed by atoms with Crippen molar-refractivity contribution >= 4 is 23.1 Å². The Hall–Kier alpha value is -1.66. The highest BCUT2D eigenvalue weighted by atomic mass is 32.1. The molecule has 0 spiro atoms. The van der Waals surface area contributed by atoms with Crippen LogP contribution in [0.2, 0.25) is 0 Å². The maximum Gasteiger partial charge on any atom is 0.239 e. The molecule has 2 aromatic rings. The lowest BCUT2D eigenvalue weighted by atomic mass is 10.2. The van der Waals surface area contributed by atoms with Gasteiger partial charge in [0.1, 0.15) is 5.82 Å². The Balaban J connectivity index is 1.94. The second-order valence-electron chi connectivity index (χ2n) is 3.68. The number of hydrazine groups is 1. The smallest absolute Gasteiger partial charge is 0.239 e. The van der Waals surface area contributed by atoms with Gasteiger partial charge in [-0.05, 0) is 35.7 Å². The Morgan fingerprint density at radius 2 is 2.35 bits per heavy atom. The van der Waals surface area contributed by atoms with Crippen LogP contribution in [0.25, 0.3) is 0 Å².